The Morgan fingerprint density at radius 2 is 2.11 bits per heavy atom. The first-order valence-corrected chi connectivity index (χ1v) is 6.04. The highest BCUT2D eigenvalue weighted by atomic mass is 19.4. The monoisotopic (exact) mass is 273 g/mol. The van der Waals surface area contributed by atoms with Crippen molar-refractivity contribution in [3.05, 3.63) is 35.4 Å². The van der Waals surface area contributed by atoms with Gasteiger partial charge in [-0.2, -0.15) is 13.2 Å². The molecule has 1 fully saturated rings. The van der Waals surface area contributed by atoms with E-state index in [1.54, 1.807) is 0 Å². The van der Waals surface area contributed by atoms with E-state index in [-0.39, 0.29) is 18.2 Å². The maximum Gasteiger partial charge on any atom is 0.417 e. The van der Waals surface area contributed by atoms with Gasteiger partial charge in [-0.25, -0.2) is 0 Å². The lowest BCUT2D eigenvalue weighted by atomic mass is 10.1. The predicted molar refractivity (Wildman–Crippen MR) is 62.8 cm³/mol. The summed E-state index contributed by atoms with van der Waals surface area (Å²) in [4.78, 5) is 11.8. The van der Waals surface area contributed by atoms with Crippen molar-refractivity contribution in [1.29, 1.82) is 0 Å². The van der Waals surface area contributed by atoms with E-state index >= 15 is 0 Å². The second-order valence-corrected chi connectivity index (χ2v) is 4.39. The second kappa shape index (κ2) is 5.61. The number of ether oxygens (including phenoxy) is 1. The minimum atomic E-state index is -4.53. The predicted octanol–water partition coefficient (Wildman–Crippen LogP) is 2.61. The van der Waals surface area contributed by atoms with Crippen LogP contribution < -0.4 is 5.32 Å². The van der Waals surface area contributed by atoms with Crippen LogP contribution in [0.5, 0.6) is 0 Å². The maximum atomic E-state index is 12.7. The van der Waals surface area contributed by atoms with Crippen molar-refractivity contribution in [2.24, 2.45) is 0 Å². The molecule has 1 aliphatic heterocycles. The molecule has 1 N–H and O–H groups in total. The largest absolute Gasteiger partial charge is 0.417 e. The molecule has 104 valence electrons. The van der Waals surface area contributed by atoms with Crippen molar-refractivity contribution in [2.75, 3.05) is 13.2 Å². The highest BCUT2D eigenvalue weighted by molar-refractivity contribution is 5.95. The molecule has 1 unspecified atom stereocenters. The van der Waals surface area contributed by atoms with Gasteiger partial charge in [0, 0.05) is 13.2 Å². The van der Waals surface area contributed by atoms with E-state index in [0.717, 1.165) is 18.9 Å². The number of carbonyl (C=O) groups is 1. The summed E-state index contributed by atoms with van der Waals surface area (Å²) in [6, 6.07) is 4.75. The number of alkyl halides is 3. The third-order valence-electron chi connectivity index (χ3n) is 2.99. The van der Waals surface area contributed by atoms with Crippen LogP contribution in [-0.4, -0.2) is 25.2 Å². The number of halogens is 3. The number of rotatable bonds is 3. The highest BCUT2D eigenvalue weighted by Gasteiger charge is 2.34. The lowest BCUT2D eigenvalue weighted by Crippen LogP contribution is -2.33. The van der Waals surface area contributed by atoms with Crippen molar-refractivity contribution in [3.8, 4) is 0 Å². The van der Waals surface area contributed by atoms with Gasteiger partial charge in [-0.05, 0) is 25.0 Å². The van der Waals surface area contributed by atoms with Crippen LogP contribution in [0.3, 0.4) is 0 Å². The average molecular weight is 273 g/mol. The normalized spacial score (nSPS) is 19.4. The zero-order valence-corrected chi connectivity index (χ0v) is 10.2. The molecule has 6 heteroatoms. The number of hydrogen-bond donors (Lipinski definition) is 1. The number of carbonyl (C=O) groups excluding carboxylic acids is 1. The van der Waals surface area contributed by atoms with Crippen molar-refractivity contribution in [2.45, 2.75) is 25.1 Å². The van der Waals surface area contributed by atoms with Gasteiger partial charge in [0.15, 0.2) is 0 Å². The molecule has 1 atom stereocenters. The van der Waals surface area contributed by atoms with Crippen LogP contribution >= 0.6 is 0 Å². The van der Waals surface area contributed by atoms with Gasteiger partial charge in [0.2, 0.25) is 0 Å². The van der Waals surface area contributed by atoms with Gasteiger partial charge in [-0.1, -0.05) is 12.1 Å². The van der Waals surface area contributed by atoms with Crippen LogP contribution in [0.15, 0.2) is 24.3 Å². The summed E-state index contributed by atoms with van der Waals surface area (Å²) >= 11 is 0. The number of amides is 1. The molecular weight excluding hydrogens is 259 g/mol. The Hall–Kier alpha value is -1.56. The van der Waals surface area contributed by atoms with Gasteiger partial charge < -0.3 is 10.1 Å². The van der Waals surface area contributed by atoms with Crippen molar-refractivity contribution < 1.29 is 22.7 Å². The highest BCUT2D eigenvalue weighted by Crippen LogP contribution is 2.31. The summed E-state index contributed by atoms with van der Waals surface area (Å²) < 4.78 is 43.5. The minimum Gasteiger partial charge on any atom is -0.376 e. The van der Waals surface area contributed by atoms with E-state index in [2.05, 4.69) is 5.32 Å². The molecule has 1 saturated heterocycles. The molecule has 1 aliphatic rings. The lowest BCUT2D eigenvalue weighted by molar-refractivity contribution is -0.137. The molecule has 3 nitrogen and oxygen atoms in total. The Balaban J connectivity index is 2.06. The summed E-state index contributed by atoms with van der Waals surface area (Å²) in [6.45, 7) is 0.880. The van der Waals surface area contributed by atoms with Crippen molar-refractivity contribution in [3.63, 3.8) is 0 Å². The number of hydrogen-bond acceptors (Lipinski definition) is 2. The van der Waals surface area contributed by atoms with Gasteiger partial charge in [-0.3, -0.25) is 4.79 Å². The Labute approximate surface area is 108 Å². The second-order valence-electron chi connectivity index (χ2n) is 4.39. The van der Waals surface area contributed by atoms with Gasteiger partial charge >= 0.3 is 6.18 Å². The zero-order chi connectivity index (χ0) is 13.9. The van der Waals surface area contributed by atoms with Crippen molar-refractivity contribution in [1.82, 2.24) is 5.32 Å². The minimum absolute atomic E-state index is 0.0954. The maximum absolute atomic E-state index is 12.7. The molecule has 0 aromatic heterocycles. The summed E-state index contributed by atoms with van der Waals surface area (Å²) in [5.41, 5.74) is -1.27. The third kappa shape index (κ3) is 3.47. The van der Waals surface area contributed by atoms with Crippen LogP contribution in [-0.2, 0) is 10.9 Å². The molecule has 0 saturated carbocycles. The molecule has 1 heterocycles. The fourth-order valence-electron chi connectivity index (χ4n) is 2.04. The lowest BCUT2D eigenvalue weighted by Gasteiger charge is -2.14. The summed E-state index contributed by atoms with van der Waals surface area (Å²) in [5.74, 6) is -0.719. The summed E-state index contributed by atoms with van der Waals surface area (Å²) in [5, 5.41) is 2.49. The molecule has 0 aliphatic carbocycles. The Morgan fingerprint density at radius 1 is 1.37 bits per heavy atom. The van der Waals surface area contributed by atoms with Crippen LogP contribution in [0, 0.1) is 0 Å². The fourth-order valence-corrected chi connectivity index (χ4v) is 2.04. The molecule has 0 spiro atoms. The topological polar surface area (TPSA) is 38.3 Å². The molecule has 1 aromatic rings. The fraction of sp³-hybridized carbons (Fsp3) is 0.462. The first-order valence-electron chi connectivity index (χ1n) is 6.04. The first kappa shape index (κ1) is 13.9. The molecule has 2 rings (SSSR count). The summed E-state index contributed by atoms with van der Waals surface area (Å²) in [7, 11) is 0. The number of nitrogens with one attached hydrogen (secondary N) is 1. The quantitative estimate of drug-likeness (QED) is 0.919. The Morgan fingerprint density at radius 3 is 2.74 bits per heavy atom. The first-order chi connectivity index (χ1) is 8.98. The van der Waals surface area contributed by atoms with Gasteiger partial charge in [0.25, 0.3) is 5.91 Å². The van der Waals surface area contributed by atoms with E-state index in [0.29, 0.717) is 6.61 Å². The van der Waals surface area contributed by atoms with E-state index in [1.165, 1.54) is 18.2 Å². The molecule has 1 amide bonds. The van der Waals surface area contributed by atoms with E-state index < -0.39 is 17.6 Å². The standard InChI is InChI=1S/C13H14F3NO2/c14-13(15,16)11-6-2-1-5-10(11)12(18)17-8-9-4-3-7-19-9/h1-2,5-6,9H,3-4,7-8H2,(H,17,18). The SMILES string of the molecule is O=C(NCC1CCCO1)c1ccccc1C(F)(F)F. The van der Waals surface area contributed by atoms with E-state index in [9.17, 15) is 18.0 Å². The van der Waals surface area contributed by atoms with Gasteiger partial charge in [-0.15, -0.1) is 0 Å². The number of benzene rings is 1. The molecular formula is C13H14F3NO2. The molecule has 0 radical (unpaired) electrons. The van der Waals surface area contributed by atoms with Gasteiger partial charge in [0.1, 0.15) is 0 Å². The Bertz CT molecular complexity index is 453. The summed E-state index contributed by atoms with van der Waals surface area (Å²) in [6.07, 6.45) is -2.89. The van der Waals surface area contributed by atoms with Crippen LogP contribution in [0.25, 0.3) is 0 Å². The van der Waals surface area contributed by atoms with Crippen LogP contribution in [0.1, 0.15) is 28.8 Å². The molecule has 1 aromatic carbocycles. The third-order valence-corrected chi connectivity index (χ3v) is 2.99. The van der Waals surface area contributed by atoms with Crippen LogP contribution in [0.4, 0.5) is 13.2 Å². The molecule has 0 bridgehead atoms. The van der Waals surface area contributed by atoms with Gasteiger partial charge in [0.05, 0.1) is 17.2 Å². The van der Waals surface area contributed by atoms with E-state index in [4.69, 9.17) is 4.74 Å². The molecule has 19 heavy (non-hydrogen) atoms. The smallest absolute Gasteiger partial charge is 0.376 e. The average Bonchev–Trinajstić information content (AvgIpc) is 2.88. The zero-order valence-electron chi connectivity index (χ0n) is 10.2. The van der Waals surface area contributed by atoms with Crippen LogP contribution in [0.2, 0.25) is 0 Å². The van der Waals surface area contributed by atoms with Crippen molar-refractivity contribution >= 4 is 5.91 Å². The van der Waals surface area contributed by atoms with E-state index in [1.807, 2.05) is 0 Å². The Kier molecular flexibility index (Phi) is 4.09.